The van der Waals surface area contributed by atoms with Crippen LogP contribution in [-0.2, 0) is 29.1 Å². The molecule has 0 bridgehead atoms. The summed E-state index contributed by atoms with van der Waals surface area (Å²) in [7, 11) is 0. The Morgan fingerprint density at radius 3 is 2.81 bits per heavy atom. The van der Waals surface area contributed by atoms with E-state index >= 15 is 0 Å². The van der Waals surface area contributed by atoms with E-state index < -0.39 is 11.9 Å². The molecule has 1 N–H and O–H groups in total. The van der Waals surface area contributed by atoms with Gasteiger partial charge in [0.05, 0.1) is 17.6 Å². The van der Waals surface area contributed by atoms with E-state index in [1.165, 1.54) is 9.58 Å². The van der Waals surface area contributed by atoms with Crippen molar-refractivity contribution in [2.75, 3.05) is 6.54 Å². The van der Waals surface area contributed by atoms with Crippen molar-refractivity contribution >= 4 is 23.6 Å². The molecule has 1 aromatic carbocycles. The smallest absolute Gasteiger partial charge is 0.276 e. The van der Waals surface area contributed by atoms with Crippen molar-refractivity contribution < 1.29 is 19.2 Å². The number of piperidine rings is 1. The van der Waals surface area contributed by atoms with E-state index in [1.54, 1.807) is 35.5 Å². The predicted molar refractivity (Wildman–Crippen MR) is 123 cm³/mol. The highest BCUT2D eigenvalue weighted by atomic mass is 16.2. The molecule has 1 atom stereocenters. The summed E-state index contributed by atoms with van der Waals surface area (Å²) < 4.78 is 1.50. The van der Waals surface area contributed by atoms with Crippen LogP contribution in [-0.4, -0.2) is 71.0 Å². The summed E-state index contributed by atoms with van der Waals surface area (Å²) in [5, 5.41) is 10.5. The van der Waals surface area contributed by atoms with E-state index in [4.69, 9.17) is 0 Å². The zero-order chi connectivity index (χ0) is 25.0. The zero-order valence-electron chi connectivity index (χ0n) is 19.5. The molecule has 0 saturated carbocycles. The van der Waals surface area contributed by atoms with Crippen LogP contribution >= 0.6 is 0 Å². The number of carbonyl (C=O) groups excluding carboxylic acids is 4. The van der Waals surface area contributed by atoms with Crippen molar-refractivity contribution in [1.29, 1.82) is 0 Å². The third-order valence-corrected chi connectivity index (χ3v) is 6.83. The highest BCUT2D eigenvalue weighted by Crippen LogP contribution is 2.29. The number of carbonyl (C=O) groups is 4. The molecule has 3 aliphatic heterocycles. The molecular formula is C24H22N8O4. The molecule has 1 unspecified atom stereocenters. The number of hydrogen-bond donors (Lipinski definition) is 1. The normalized spacial score (nSPS) is 19.2. The Labute approximate surface area is 205 Å². The molecule has 0 radical (unpaired) electrons. The van der Waals surface area contributed by atoms with Gasteiger partial charge in [-0.05, 0) is 37.1 Å². The average molecular weight is 486 g/mol. The van der Waals surface area contributed by atoms with Crippen LogP contribution in [0.1, 0.15) is 56.3 Å². The number of nitrogens with one attached hydrogen (secondary N) is 1. The maximum absolute atomic E-state index is 13.1. The molecule has 3 aliphatic rings. The molecule has 4 amide bonds. The molecule has 1 saturated heterocycles. The SMILES string of the molecule is Cc1ncc2c(n1)CCN(C(=O)c1cn(-c3ccc4c(c3)CN(C3CCC(=O)NC3=O)C4=O)nn1)C2. The van der Waals surface area contributed by atoms with Crippen LogP contribution in [0, 0.1) is 6.92 Å². The van der Waals surface area contributed by atoms with Gasteiger partial charge in [-0.2, -0.15) is 0 Å². The summed E-state index contributed by atoms with van der Waals surface area (Å²) >= 11 is 0. The molecule has 3 aromatic rings. The lowest BCUT2D eigenvalue weighted by Crippen LogP contribution is -2.52. The molecular weight excluding hydrogens is 464 g/mol. The number of benzene rings is 1. The second-order valence-electron chi connectivity index (χ2n) is 9.16. The van der Waals surface area contributed by atoms with Gasteiger partial charge in [0.1, 0.15) is 11.9 Å². The lowest BCUT2D eigenvalue weighted by atomic mass is 10.0. The van der Waals surface area contributed by atoms with Gasteiger partial charge >= 0.3 is 0 Å². The van der Waals surface area contributed by atoms with Gasteiger partial charge in [-0.1, -0.05) is 5.21 Å². The molecule has 5 heterocycles. The number of rotatable bonds is 3. The van der Waals surface area contributed by atoms with E-state index in [0.717, 1.165) is 16.8 Å². The highest BCUT2D eigenvalue weighted by Gasteiger charge is 2.39. The second kappa shape index (κ2) is 8.33. The van der Waals surface area contributed by atoms with E-state index in [2.05, 4.69) is 25.6 Å². The Morgan fingerprint density at radius 2 is 1.97 bits per heavy atom. The monoisotopic (exact) mass is 486 g/mol. The van der Waals surface area contributed by atoms with Crippen molar-refractivity contribution in [2.45, 2.75) is 45.3 Å². The molecule has 182 valence electrons. The number of nitrogens with zero attached hydrogens (tertiary/aromatic N) is 7. The molecule has 1 fully saturated rings. The number of aromatic nitrogens is 5. The van der Waals surface area contributed by atoms with E-state index in [0.29, 0.717) is 43.0 Å². The van der Waals surface area contributed by atoms with Crippen LogP contribution in [0.5, 0.6) is 0 Å². The summed E-state index contributed by atoms with van der Waals surface area (Å²) in [5.41, 5.74) is 4.00. The average Bonchev–Trinajstić information content (AvgIpc) is 3.48. The van der Waals surface area contributed by atoms with Gasteiger partial charge in [-0.3, -0.25) is 24.5 Å². The van der Waals surface area contributed by atoms with Crippen molar-refractivity contribution in [3.05, 3.63) is 64.5 Å². The van der Waals surface area contributed by atoms with Crippen molar-refractivity contribution in [3.8, 4) is 5.69 Å². The highest BCUT2D eigenvalue weighted by molar-refractivity contribution is 6.05. The first kappa shape index (κ1) is 22.0. The summed E-state index contributed by atoms with van der Waals surface area (Å²) in [4.78, 5) is 61.6. The van der Waals surface area contributed by atoms with Crippen LogP contribution in [0.15, 0.2) is 30.6 Å². The quantitative estimate of drug-likeness (QED) is 0.522. The van der Waals surface area contributed by atoms with Gasteiger partial charge in [-0.15, -0.1) is 5.10 Å². The predicted octanol–water partition coefficient (Wildman–Crippen LogP) is 0.325. The van der Waals surface area contributed by atoms with Gasteiger partial charge in [0.25, 0.3) is 11.8 Å². The van der Waals surface area contributed by atoms with Gasteiger partial charge in [0, 0.05) is 49.8 Å². The maximum atomic E-state index is 13.1. The van der Waals surface area contributed by atoms with Gasteiger partial charge in [-0.25, -0.2) is 14.6 Å². The molecule has 6 rings (SSSR count). The summed E-state index contributed by atoms with van der Waals surface area (Å²) in [6, 6.07) is 4.54. The third-order valence-electron chi connectivity index (χ3n) is 6.83. The second-order valence-corrected chi connectivity index (χ2v) is 9.16. The molecule has 36 heavy (non-hydrogen) atoms. The first-order chi connectivity index (χ1) is 17.4. The Morgan fingerprint density at radius 1 is 1.11 bits per heavy atom. The molecule has 0 spiro atoms. The van der Waals surface area contributed by atoms with Crippen molar-refractivity contribution in [2.24, 2.45) is 0 Å². The van der Waals surface area contributed by atoms with Gasteiger partial charge in [0.15, 0.2) is 5.69 Å². The van der Waals surface area contributed by atoms with Crippen LogP contribution in [0.25, 0.3) is 5.69 Å². The van der Waals surface area contributed by atoms with Crippen LogP contribution in [0.2, 0.25) is 0 Å². The minimum absolute atomic E-state index is 0.201. The van der Waals surface area contributed by atoms with Crippen molar-refractivity contribution in [1.82, 2.24) is 40.1 Å². The Bertz CT molecular complexity index is 1450. The third kappa shape index (κ3) is 3.70. The largest absolute Gasteiger partial charge is 0.332 e. The van der Waals surface area contributed by atoms with Crippen LogP contribution in [0.4, 0.5) is 0 Å². The van der Waals surface area contributed by atoms with Gasteiger partial charge in [0.2, 0.25) is 11.8 Å². The summed E-state index contributed by atoms with van der Waals surface area (Å²) in [6.45, 7) is 3.05. The zero-order valence-corrected chi connectivity index (χ0v) is 19.5. The minimum Gasteiger partial charge on any atom is -0.332 e. The lowest BCUT2D eigenvalue weighted by Gasteiger charge is -2.29. The van der Waals surface area contributed by atoms with Crippen molar-refractivity contribution in [3.63, 3.8) is 0 Å². The number of hydrogen-bond acceptors (Lipinski definition) is 8. The number of aryl methyl sites for hydroxylation is 1. The molecule has 0 aliphatic carbocycles. The minimum atomic E-state index is -0.675. The maximum Gasteiger partial charge on any atom is 0.276 e. The Balaban J connectivity index is 1.19. The fourth-order valence-electron chi connectivity index (χ4n) is 4.94. The van der Waals surface area contributed by atoms with E-state index in [9.17, 15) is 19.2 Å². The van der Waals surface area contributed by atoms with Crippen LogP contribution < -0.4 is 5.32 Å². The van der Waals surface area contributed by atoms with Gasteiger partial charge < -0.3 is 9.80 Å². The molecule has 12 heteroatoms. The fraction of sp³-hybridized carbons (Fsp3) is 0.333. The Hall–Kier alpha value is -4.48. The summed E-state index contributed by atoms with van der Waals surface area (Å²) in [5.74, 6) is -0.531. The Kier molecular flexibility index (Phi) is 5.09. The topological polar surface area (TPSA) is 143 Å². The number of fused-ring (bicyclic) bond motifs is 2. The first-order valence-electron chi connectivity index (χ1n) is 11.7. The molecule has 2 aromatic heterocycles. The number of amides is 4. The molecule has 12 nitrogen and oxygen atoms in total. The first-order valence-corrected chi connectivity index (χ1v) is 11.7. The van der Waals surface area contributed by atoms with E-state index in [-0.39, 0.29) is 36.4 Å². The summed E-state index contributed by atoms with van der Waals surface area (Å²) in [6.07, 6.45) is 4.49. The number of imide groups is 1. The fourth-order valence-corrected chi connectivity index (χ4v) is 4.94. The van der Waals surface area contributed by atoms with E-state index in [1.807, 2.05) is 6.92 Å². The van der Waals surface area contributed by atoms with Crippen LogP contribution in [0.3, 0.4) is 0 Å². The lowest BCUT2D eigenvalue weighted by molar-refractivity contribution is -0.136. The standard InChI is InChI=1S/C24H22N8O4/c1-13-25-9-15-10-30(7-6-18(15)26-13)24(36)19-12-32(29-28-19)16-2-3-17-14(8-16)11-31(23(17)35)20-4-5-21(33)27-22(20)34/h2-3,8-9,12,20H,4-7,10-11H2,1H3,(H,27,33,34).